The molecule has 0 aliphatic carbocycles. The van der Waals surface area contributed by atoms with Crippen LogP contribution in [0.25, 0.3) is 11.3 Å². The maximum Gasteiger partial charge on any atom is 0.217 e. The van der Waals surface area contributed by atoms with Gasteiger partial charge in [0.05, 0.1) is 31.4 Å². The lowest BCUT2D eigenvalue weighted by Gasteiger charge is -2.44. The minimum absolute atomic E-state index is 0.372. The molecule has 0 saturated carbocycles. The van der Waals surface area contributed by atoms with E-state index in [2.05, 4.69) is 32.7 Å². The van der Waals surface area contributed by atoms with Gasteiger partial charge in [0.2, 0.25) is 5.88 Å². The third-order valence-electron chi connectivity index (χ3n) is 6.35. The summed E-state index contributed by atoms with van der Waals surface area (Å²) >= 11 is 0. The van der Waals surface area contributed by atoms with Gasteiger partial charge < -0.3 is 18.8 Å². The summed E-state index contributed by atoms with van der Waals surface area (Å²) in [6, 6.07) is 12.3. The van der Waals surface area contributed by atoms with Crippen LogP contribution in [0.3, 0.4) is 0 Å². The van der Waals surface area contributed by atoms with Crippen LogP contribution in [-0.4, -0.2) is 53.4 Å². The molecule has 1 aromatic carbocycles. The number of benzene rings is 1. The number of likely N-dealkylation sites (tertiary alicyclic amines) is 1. The van der Waals surface area contributed by atoms with Crippen LogP contribution in [0, 0.1) is 0 Å². The molecule has 2 aromatic heterocycles. The van der Waals surface area contributed by atoms with Gasteiger partial charge in [-0.05, 0) is 18.2 Å². The molecule has 1 saturated heterocycles. The molecule has 0 N–H and O–H groups in total. The van der Waals surface area contributed by atoms with Crippen molar-refractivity contribution in [3.05, 3.63) is 60.2 Å². The number of aromatic nitrogens is 3. The molecule has 31 heavy (non-hydrogen) atoms. The second-order valence-electron chi connectivity index (χ2n) is 8.17. The number of hydrogen-bond donors (Lipinski definition) is 0. The molecule has 5 rings (SSSR count). The van der Waals surface area contributed by atoms with Crippen LogP contribution in [0.15, 0.2) is 48.9 Å². The van der Waals surface area contributed by atoms with Crippen LogP contribution in [-0.2, 0) is 23.4 Å². The van der Waals surface area contributed by atoms with E-state index in [1.54, 1.807) is 20.4 Å². The monoisotopic (exact) mass is 420 g/mol. The molecule has 1 fully saturated rings. The Labute approximate surface area is 182 Å². The number of para-hydroxylation sites is 1. The van der Waals surface area contributed by atoms with Gasteiger partial charge in [0, 0.05) is 63.5 Å². The van der Waals surface area contributed by atoms with Crippen LogP contribution in [0.5, 0.6) is 11.6 Å². The maximum atomic E-state index is 6.74. The standard InChI is InChI=1S/C24H28N4O3/c1-29-15-14-28-17-26-21-19-7-3-4-8-20(19)31-24(22(21)28)9-12-27(13-10-24)16-18-6-5-11-25-23(18)30-2/h3-8,11,17H,9-10,12-16H2,1-2H3. The molecule has 2 aliphatic heterocycles. The van der Waals surface area contributed by atoms with Crippen molar-refractivity contribution < 1.29 is 14.2 Å². The number of fused-ring (bicyclic) bond motifs is 4. The fourth-order valence-electron chi connectivity index (χ4n) is 4.81. The van der Waals surface area contributed by atoms with E-state index < -0.39 is 0 Å². The Morgan fingerprint density at radius 2 is 1.90 bits per heavy atom. The molecule has 7 nitrogen and oxygen atoms in total. The van der Waals surface area contributed by atoms with Crippen molar-refractivity contribution in [2.24, 2.45) is 0 Å². The van der Waals surface area contributed by atoms with E-state index in [1.165, 1.54) is 5.69 Å². The summed E-state index contributed by atoms with van der Waals surface area (Å²) in [7, 11) is 3.41. The molecule has 0 bridgehead atoms. The molecular weight excluding hydrogens is 392 g/mol. The Bertz CT molecular complexity index is 1060. The van der Waals surface area contributed by atoms with Crippen LogP contribution < -0.4 is 9.47 Å². The van der Waals surface area contributed by atoms with E-state index in [4.69, 9.17) is 19.2 Å². The second-order valence-corrected chi connectivity index (χ2v) is 8.17. The number of hydrogen-bond acceptors (Lipinski definition) is 6. The molecule has 1 spiro atoms. The first-order valence-electron chi connectivity index (χ1n) is 10.8. The Morgan fingerprint density at radius 1 is 1.06 bits per heavy atom. The van der Waals surface area contributed by atoms with E-state index in [1.807, 2.05) is 24.5 Å². The predicted octanol–water partition coefficient (Wildman–Crippen LogP) is 3.48. The topological polar surface area (TPSA) is 61.6 Å². The van der Waals surface area contributed by atoms with Crippen molar-refractivity contribution in [3.63, 3.8) is 0 Å². The minimum atomic E-state index is -0.372. The average Bonchev–Trinajstić information content (AvgIpc) is 3.25. The summed E-state index contributed by atoms with van der Waals surface area (Å²) in [5.74, 6) is 1.62. The number of pyridine rings is 1. The highest BCUT2D eigenvalue weighted by molar-refractivity contribution is 5.72. The summed E-state index contributed by atoms with van der Waals surface area (Å²) in [6.07, 6.45) is 5.50. The quantitative estimate of drug-likeness (QED) is 0.608. The van der Waals surface area contributed by atoms with Crippen LogP contribution in [0.4, 0.5) is 0 Å². The summed E-state index contributed by atoms with van der Waals surface area (Å²) in [6.45, 7) is 4.08. The van der Waals surface area contributed by atoms with E-state index in [-0.39, 0.29) is 5.60 Å². The fraction of sp³-hybridized carbons (Fsp3) is 0.417. The summed E-state index contributed by atoms with van der Waals surface area (Å²) in [4.78, 5) is 11.6. The van der Waals surface area contributed by atoms with Gasteiger partial charge in [-0.1, -0.05) is 18.2 Å². The third-order valence-corrected chi connectivity index (χ3v) is 6.35. The molecule has 3 aromatic rings. The number of rotatable bonds is 6. The SMILES string of the molecule is COCCn1cnc2c1C1(CCN(Cc3cccnc3OC)CC1)Oc1ccccc1-2. The Morgan fingerprint density at radius 3 is 2.71 bits per heavy atom. The first-order valence-corrected chi connectivity index (χ1v) is 10.8. The zero-order chi connectivity index (χ0) is 21.3. The number of piperidine rings is 1. The van der Waals surface area contributed by atoms with Gasteiger partial charge in [0.1, 0.15) is 5.75 Å². The Kier molecular flexibility index (Phi) is 5.38. The molecule has 162 valence electrons. The van der Waals surface area contributed by atoms with Gasteiger partial charge in [-0.3, -0.25) is 4.90 Å². The van der Waals surface area contributed by atoms with Crippen molar-refractivity contribution in [2.45, 2.75) is 31.5 Å². The second kappa shape index (κ2) is 8.32. The molecule has 0 unspecified atom stereocenters. The van der Waals surface area contributed by atoms with E-state index in [0.717, 1.165) is 61.6 Å². The van der Waals surface area contributed by atoms with Crippen LogP contribution in [0.1, 0.15) is 24.1 Å². The van der Waals surface area contributed by atoms with Crippen molar-refractivity contribution in [2.75, 3.05) is 33.9 Å². The number of methoxy groups -OCH3 is 2. The highest BCUT2D eigenvalue weighted by atomic mass is 16.5. The van der Waals surface area contributed by atoms with Gasteiger partial charge in [-0.25, -0.2) is 9.97 Å². The van der Waals surface area contributed by atoms with E-state index in [9.17, 15) is 0 Å². The van der Waals surface area contributed by atoms with Crippen LogP contribution >= 0.6 is 0 Å². The number of nitrogens with zero attached hydrogens (tertiary/aromatic N) is 4. The minimum Gasteiger partial charge on any atom is -0.481 e. The average molecular weight is 421 g/mol. The molecule has 0 atom stereocenters. The first kappa shape index (κ1) is 20.0. The Hall–Kier alpha value is -2.90. The van der Waals surface area contributed by atoms with Crippen LogP contribution in [0.2, 0.25) is 0 Å². The largest absolute Gasteiger partial charge is 0.481 e. The van der Waals surface area contributed by atoms with Gasteiger partial charge in [-0.2, -0.15) is 0 Å². The van der Waals surface area contributed by atoms with Gasteiger partial charge >= 0.3 is 0 Å². The molecule has 0 amide bonds. The summed E-state index contributed by atoms with van der Waals surface area (Å²) < 4.78 is 19.7. The first-order chi connectivity index (χ1) is 15.2. The van der Waals surface area contributed by atoms with Gasteiger partial charge in [0.25, 0.3) is 0 Å². The van der Waals surface area contributed by atoms with Crippen molar-refractivity contribution >= 4 is 0 Å². The Balaban J connectivity index is 1.42. The third kappa shape index (κ3) is 3.58. The summed E-state index contributed by atoms with van der Waals surface area (Å²) in [5.41, 5.74) is 4.04. The van der Waals surface area contributed by atoms with Crippen molar-refractivity contribution in [3.8, 4) is 22.9 Å². The highest BCUT2D eigenvalue weighted by Crippen LogP contribution is 2.49. The predicted molar refractivity (Wildman–Crippen MR) is 117 cm³/mol. The van der Waals surface area contributed by atoms with E-state index in [0.29, 0.717) is 12.5 Å². The van der Waals surface area contributed by atoms with Crippen molar-refractivity contribution in [1.82, 2.24) is 19.4 Å². The van der Waals surface area contributed by atoms with Gasteiger partial charge in [0.15, 0.2) is 5.60 Å². The molecule has 0 radical (unpaired) electrons. The molecule has 7 heteroatoms. The molecule has 2 aliphatic rings. The van der Waals surface area contributed by atoms with E-state index >= 15 is 0 Å². The highest BCUT2D eigenvalue weighted by Gasteiger charge is 2.46. The lowest BCUT2D eigenvalue weighted by molar-refractivity contribution is -0.0137. The number of ether oxygens (including phenoxy) is 3. The lowest BCUT2D eigenvalue weighted by atomic mass is 9.83. The normalized spacial score (nSPS) is 17.1. The smallest absolute Gasteiger partial charge is 0.217 e. The van der Waals surface area contributed by atoms with Gasteiger partial charge in [-0.15, -0.1) is 0 Å². The zero-order valence-electron chi connectivity index (χ0n) is 18.1. The fourth-order valence-corrected chi connectivity index (χ4v) is 4.81. The maximum absolute atomic E-state index is 6.74. The lowest BCUT2D eigenvalue weighted by Crippen LogP contribution is -2.48. The molecular formula is C24H28N4O3. The zero-order valence-corrected chi connectivity index (χ0v) is 18.1. The van der Waals surface area contributed by atoms with Crippen molar-refractivity contribution in [1.29, 1.82) is 0 Å². The molecule has 4 heterocycles. The number of imidazole rings is 1. The summed E-state index contributed by atoms with van der Waals surface area (Å²) in [5, 5.41) is 0.